The maximum Gasteiger partial charge on any atom is 0.165 e. The second-order valence-corrected chi connectivity index (χ2v) is 5.08. The van der Waals surface area contributed by atoms with E-state index in [0.717, 1.165) is 23.3 Å². The Morgan fingerprint density at radius 2 is 2.18 bits per heavy atom. The first-order chi connectivity index (χ1) is 10.7. The van der Waals surface area contributed by atoms with E-state index in [4.69, 9.17) is 0 Å². The summed E-state index contributed by atoms with van der Waals surface area (Å²) in [6.07, 6.45) is 6.00. The van der Waals surface area contributed by atoms with Gasteiger partial charge in [0.1, 0.15) is 6.33 Å². The predicted molar refractivity (Wildman–Crippen MR) is 83.5 cm³/mol. The Kier molecular flexibility index (Phi) is 3.97. The van der Waals surface area contributed by atoms with Gasteiger partial charge in [-0.05, 0) is 13.0 Å². The molecule has 3 rings (SSSR count). The Labute approximate surface area is 128 Å². The molecule has 1 N–H and O–H groups in total. The monoisotopic (exact) mass is 298 g/mol. The molecule has 3 heterocycles. The number of imidazole rings is 1. The standard InChI is InChI=1S/C15H18N6O/c1-3-21-10-19-13-14(17-9-18-15(13)21)20(2)8-12(22)11-5-4-6-16-7-11/h4-7,9-10,12,22H,3,8H2,1-2H3. The van der Waals surface area contributed by atoms with Crippen LogP contribution in [0.5, 0.6) is 0 Å². The van der Waals surface area contributed by atoms with E-state index in [1.807, 2.05) is 35.6 Å². The number of aliphatic hydroxyl groups is 1. The number of rotatable bonds is 5. The molecule has 0 saturated heterocycles. The van der Waals surface area contributed by atoms with Crippen LogP contribution in [0.2, 0.25) is 0 Å². The Hall–Kier alpha value is -2.54. The number of aromatic nitrogens is 5. The number of pyridine rings is 1. The summed E-state index contributed by atoms with van der Waals surface area (Å²) in [4.78, 5) is 18.9. The van der Waals surface area contributed by atoms with E-state index in [-0.39, 0.29) is 0 Å². The molecule has 0 fully saturated rings. The molecule has 0 spiro atoms. The van der Waals surface area contributed by atoms with Gasteiger partial charge >= 0.3 is 0 Å². The number of aryl methyl sites for hydroxylation is 1. The fourth-order valence-electron chi connectivity index (χ4n) is 2.40. The molecule has 3 aromatic rings. The minimum absolute atomic E-state index is 0.400. The smallest absolute Gasteiger partial charge is 0.165 e. The lowest BCUT2D eigenvalue weighted by atomic mass is 10.1. The molecule has 1 atom stereocenters. The van der Waals surface area contributed by atoms with Gasteiger partial charge in [0, 0.05) is 38.1 Å². The summed E-state index contributed by atoms with van der Waals surface area (Å²) < 4.78 is 1.96. The van der Waals surface area contributed by atoms with Crippen LogP contribution < -0.4 is 4.90 Å². The molecule has 7 nitrogen and oxygen atoms in total. The number of fused-ring (bicyclic) bond motifs is 1. The van der Waals surface area contributed by atoms with Gasteiger partial charge in [0.2, 0.25) is 0 Å². The van der Waals surface area contributed by atoms with Crippen molar-refractivity contribution in [3.63, 3.8) is 0 Å². The van der Waals surface area contributed by atoms with Gasteiger partial charge in [-0.1, -0.05) is 6.07 Å². The largest absolute Gasteiger partial charge is 0.386 e. The number of likely N-dealkylation sites (N-methyl/N-ethyl adjacent to an activating group) is 1. The highest BCUT2D eigenvalue weighted by Crippen LogP contribution is 2.22. The zero-order chi connectivity index (χ0) is 15.5. The average molecular weight is 298 g/mol. The molecule has 7 heteroatoms. The Balaban J connectivity index is 1.86. The van der Waals surface area contributed by atoms with E-state index in [2.05, 4.69) is 19.9 Å². The fraction of sp³-hybridized carbons (Fsp3) is 0.333. The van der Waals surface area contributed by atoms with Crippen LogP contribution in [0, 0.1) is 0 Å². The Morgan fingerprint density at radius 3 is 2.91 bits per heavy atom. The van der Waals surface area contributed by atoms with Crippen LogP contribution >= 0.6 is 0 Å². The number of hydrogen-bond donors (Lipinski definition) is 1. The van der Waals surface area contributed by atoms with Gasteiger partial charge < -0.3 is 14.6 Å². The molecule has 0 aliphatic heterocycles. The summed E-state index contributed by atoms with van der Waals surface area (Å²) in [6, 6.07) is 3.66. The molecular weight excluding hydrogens is 280 g/mol. The molecule has 1 unspecified atom stereocenters. The lowest BCUT2D eigenvalue weighted by Crippen LogP contribution is -2.25. The van der Waals surface area contributed by atoms with Crippen LogP contribution in [-0.2, 0) is 6.54 Å². The van der Waals surface area contributed by atoms with Gasteiger partial charge in [-0.15, -0.1) is 0 Å². The predicted octanol–water partition coefficient (Wildman–Crippen LogP) is 1.41. The normalized spacial score (nSPS) is 12.5. The van der Waals surface area contributed by atoms with Gasteiger partial charge in [0.25, 0.3) is 0 Å². The van der Waals surface area contributed by atoms with Crippen molar-refractivity contribution in [2.24, 2.45) is 0 Å². The molecule has 22 heavy (non-hydrogen) atoms. The average Bonchev–Trinajstić information content (AvgIpc) is 2.98. The first-order valence-corrected chi connectivity index (χ1v) is 7.15. The highest BCUT2D eigenvalue weighted by molar-refractivity contribution is 5.83. The van der Waals surface area contributed by atoms with Crippen molar-refractivity contribution in [3.8, 4) is 0 Å². The van der Waals surface area contributed by atoms with Crippen LogP contribution in [0.15, 0.2) is 37.2 Å². The van der Waals surface area contributed by atoms with Crippen LogP contribution in [0.1, 0.15) is 18.6 Å². The van der Waals surface area contributed by atoms with Gasteiger partial charge in [-0.2, -0.15) is 0 Å². The zero-order valence-corrected chi connectivity index (χ0v) is 12.6. The van der Waals surface area contributed by atoms with E-state index in [1.165, 1.54) is 6.33 Å². The molecule has 0 saturated carbocycles. The lowest BCUT2D eigenvalue weighted by molar-refractivity contribution is 0.184. The third-order valence-corrected chi connectivity index (χ3v) is 3.60. The van der Waals surface area contributed by atoms with Crippen molar-refractivity contribution in [1.29, 1.82) is 0 Å². The number of nitrogens with zero attached hydrogens (tertiary/aromatic N) is 6. The fourth-order valence-corrected chi connectivity index (χ4v) is 2.40. The van der Waals surface area contributed by atoms with Crippen molar-refractivity contribution >= 4 is 17.0 Å². The topological polar surface area (TPSA) is 80.0 Å². The third-order valence-electron chi connectivity index (χ3n) is 3.60. The molecule has 3 aromatic heterocycles. The first-order valence-electron chi connectivity index (χ1n) is 7.15. The van der Waals surface area contributed by atoms with Gasteiger partial charge in [-0.25, -0.2) is 15.0 Å². The molecular formula is C15H18N6O. The quantitative estimate of drug-likeness (QED) is 0.767. The third kappa shape index (κ3) is 2.62. The van der Waals surface area contributed by atoms with E-state index >= 15 is 0 Å². The summed E-state index contributed by atoms with van der Waals surface area (Å²) in [6.45, 7) is 3.24. The first kappa shape index (κ1) is 14.4. The molecule has 0 aliphatic rings. The maximum absolute atomic E-state index is 10.3. The minimum atomic E-state index is -0.642. The van der Waals surface area contributed by atoms with E-state index in [0.29, 0.717) is 12.4 Å². The van der Waals surface area contributed by atoms with E-state index in [9.17, 15) is 5.11 Å². The SMILES string of the molecule is CCn1cnc2c(N(C)CC(O)c3cccnc3)ncnc21. The van der Waals surface area contributed by atoms with Crippen molar-refractivity contribution in [2.75, 3.05) is 18.5 Å². The summed E-state index contributed by atoms with van der Waals surface area (Å²) in [5.74, 6) is 0.708. The van der Waals surface area contributed by atoms with E-state index in [1.54, 1.807) is 18.7 Å². The summed E-state index contributed by atoms with van der Waals surface area (Å²) in [5.41, 5.74) is 2.32. The van der Waals surface area contributed by atoms with Crippen LogP contribution in [0.4, 0.5) is 5.82 Å². The number of anilines is 1. The molecule has 0 amide bonds. The molecule has 0 radical (unpaired) electrons. The second-order valence-electron chi connectivity index (χ2n) is 5.08. The van der Waals surface area contributed by atoms with Crippen molar-refractivity contribution in [3.05, 3.63) is 42.7 Å². The van der Waals surface area contributed by atoms with Gasteiger partial charge in [0.15, 0.2) is 17.0 Å². The Bertz CT molecular complexity index is 757. The highest BCUT2D eigenvalue weighted by Gasteiger charge is 2.16. The minimum Gasteiger partial charge on any atom is -0.386 e. The van der Waals surface area contributed by atoms with Crippen molar-refractivity contribution < 1.29 is 5.11 Å². The van der Waals surface area contributed by atoms with Crippen molar-refractivity contribution in [2.45, 2.75) is 19.6 Å². The summed E-state index contributed by atoms with van der Waals surface area (Å²) in [5, 5.41) is 10.3. The molecule has 0 aromatic carbocycles. The van der Waals surface area contributed by atoms with Gasteiger partial charge in [0.05, 0.1) is 12.4 Å². The van der Waals surface area contributed by atoms with Crippen LogP contribution in [-0.4, -0.2) is 43.2 Å². The number of aliphatic hydroxyl groups excluding tert-OH is 1. The van der Waals surface area contributed by atoms with Crippen molar-refractivity contribution in [1.82, 2.24) is 24.5 Å². The molecule has 0 aliphatic carbocycles. The summed E-state index contributed by atoms with van der Waals surface area (Å²) >= 11 is 0. The highest BCUT2D eigenvalue weighted by atomic mass is 16.3. The van der Waals surface area contributed by atoms with E-state index < -0.39 is 6.10 Å². The maximum atomic E-state index is 10.3. The zero-order valence-electron chi connectivity index (χ0n) is 12.6. The Morgan fingerprint density at radius 1 is 1.32 bits per heavy atom. The summed E-state index contributed by atoms with van der Waals surface area (Å²) in [7, 11) is 1.88. The molecule has 114 valence electrons. The van der Waals surface area contributed by atoms with Crippen LogP contribution in [0.3, 0.4) is 0 Å². The van der Waals surface area contributed by atoms with Gasteiger partial charge in [-0.3, -0.25) is 4.98 Å². The number of hydrogen-bond acceptors (Lipinski definition) is 6. The van der Waals surface area contributed by atoms with Crippen LogP contribution in [0.25, 0.3) is 11.2 Å². The molecule has 0 bridgehead atoms. The second kappa shape index (κ2) is 6.07. The lowest BCUT2D eigenvalue weighted by Gasteiger charge is -2.21.